The SMILES string of the molecule is CCOC(=O)c1c(C#N)ccc([N+](=O)[O-])c1Cl. The lowest BCUT2D eigenvalue weighted by Gasteiger charge is -2.06. The van der Waals surface area contributed by atoms with Crippen molar-refractivity contribution in [3.63, 3.8) is 0 Å². The van der Waals surface area contributed by atoms with Crippen LogP contribution in [0.2, 0.25) is 5.02 Å². The van der Waals surface area contributed by atoms with Crippen molar-refractivity contribution in [2.24, 2.45) is 0 Å². The Morgan fingerprint density at radius 1 is 1.65 bits per heavy atom. The molecule has 0 fully saturated rings. The molecule has 88 valence electrons. The van der Waals surface area contributed by atoms with Crippen LogP contribution in [0.25, 0.3) is 0 Å². The van der Waals surface area contributed by atoms with E-state index in [0.29, 0.717) is 0 Å². The Morgan fingerprint density at radius 2 is 2.29 bits per heavy atom. The monoisotopic (exact) mass is 254 g/mol. The van der Waals surface area contributed by atoms with Gasteiger partial charge in [-0.3, -0.25) is 10.1 Å². The van der Waals surface area contributed by atoms with E-state index in [1.165, 1.54) is 0 Å². The number of carbonyl (C=O) groups excluding carboxylic acids is 1. The van der Waals surface area contributed by atoms with Crippen molar-refractivity contribution >= 4 is 23.3 Å². The van der Waals surface area contributed by atoms with Crippen LogP contribution in [0.1, 0.15) is 22.8 Å². The van der Waals surface area contributed by atoms with Gasteiger partial charge in [0.15, 0.2) is 0 Å². The van der Waals surface area contributed by atoms with Crippen molar-refractivity contribution in [2.45, 2.75) is 6.92 Å². The molecule has 1 aromatic carbocycles. The lowest BCUT2D eigenvalue weighted by Crippen LogP contribution is -2.09. The van der Waals surface area contributed by atoms with Gasteiger partial charge < -0.3 is 4.74 Å². The van der Waals surface area contributed by atoms with E-state index >= 15 is 0 Å². The molecule has 7 heteroatoms. The molecule has 0 saturated heterocycles. The van der Waals surface area contributed by atoms with Crippen LogP contribution in [0, 0.1) is 21.4 Å². The highest BCUT2D eigenvalue weighted by Gasteiger charge is 2.24. The minimum Gasteiger partial charge on any atom is -0.462 e. The van der Waals surface area contributed by atoms with E-state index < -0.39 is 16.6 Å². The number of carbonyl (C=O) groups is 1. The Bertz CT molecular complexity index is 522. The molecule has 0 aliphatic carbocycles. The van der Waals surface area contributed by atoms with E-state index in [2.05, 4.69) is 4.74 Å². The summed E-state index contributed by atoms with van der Waals surface area (Å²) in [6.07, 6.45) is 0. The summed E-state index contributed by atoms with van der Waals surface area (Å²) < 4.78 is 4.69. The standard InChI is InChI=1S/C10H7ClN2O4/c1-2-17-10(14)8-6(5-12)3-4-7(9(8)11)13(15)16/h3-4H,2H2,1H3. The predicted molar refractivity (Wildman–Crippen MR) is 58.8 cm³/mol. The first-order valence-corrected chi connectivity index (χ1v) is 4.94. The minimum atomic E-state index is -0.849. The molecular formula is C10H7ClN2O4. The number of hydrogen-bond acceptors (Lipinski definition) is 5. The van der Waals surface area contributed by atoms with Gasteiger partial charge in [0.2, 0.25) is 0 Å². The molecule has 17 heavy (non-hydrogen) atoms. The van der Waals surface area contributed by atoms with Gasteiger partial charge in [0, 0.05) is 6.07 Å². The van der Waals surface area contributed by atoms with Crippen LogP contribution in [0.5, 0.6) is 0 Å². The van der Waals surface area contributed by atoms with Crippen LogP contribution in [-0.4, -0.2) is 17.5 Å². The number of nitro benzene ring substituents is 1. The van der Waals surface area contributed by atoms with Crippen LogP contribution >= 0.6 is 11.6 Å². The maximum Gasteiger partial charge on any atom is 0.341 e. The van der Waals surface area contributed by atoms with E-state index in [9.17, 15) is 14.9 Å². The number of benzene rings is 1. The molecule has 6 nitrogen and oxygen atoms in total. The lowest BCUT2D eigenvalue weighted by atomic mass is 10.1. The van der Waals surface area contributed by atoms with Crippen LogP contribution in [0.15, 0.2) is 12.1 Å². The van der Waals surface area contributed by atoms with Gasteiger partial charge in [-0.1, -0.05) is 11.6 Å². The second kappa shape index (κ2) is 5.27. The zero-order valence-electron chi connectivity index (χ0n) is 8.77. The number of ether oxygens (including phenoxy) is 1. The van der Waals surface area contributed by atoms with Gasteiger partial charge in [0.25, 0.3) is 5.69 Å². The fourth-order valence-electron chi connectivity index (χ4n) is 1.20. The molecule has 1 rings (SSSR count). The number of hydrogen-bond donors (Lipinski definition) is 0. The molecular weight excluding hydrogens is 248 g/mol. The second-order valence-corrected chi connectivity index (χ2v) is 3.29. The normalized spacial score (nSPS) is 9.47. The van der Waals surface area contributed by atoms with Crippen molar-refractivity contribution < 1.29 is 14.5 Å². The van der Waals surface area contributed by atoms with E-state index in [4.69, 9.17) is 16.9 Å². The van der Waals surface area contributed by atoms with Crippen molar-refractivity contribution in [3.8, 4) is 6.07 Å². The Morgan fingerprint density at radius 3 is 2.76 bits per heavy atom. The van der Waals surface area contributed by atoms with E-state index in [-0.39, 0.29) is 22.8 Å². The van der Waals surface area contributed by atoms with Gasteiger partial charge in [-0.2, -0.15) is 5.26 Å². The molecule has 0 aromatic heterocycles. The number of rotatable bonds is 3. The van der Waals surface area contributed by atoms with Crippen molar-refractivity contribution in [2.75, 3.05) is 6.61 Å². The number of esters is 1. The highest BCUT2D eigenvalue weighted by atomic mass is 35.5. The smallest absolute Gasteiger partial charge is 0.341 e. The van der Waals surface area contributed by atoms with Crippen LogP contribution in [-0.2, 0) is 4.74 Å². The summed E-state index contributed by atoms with van der Waals surface area (Å²) in [6.45, 7) is 1.66. The van der Waals surface area contributed by atoms with Crippen molar-refractivity contribution in [3.05, 3.63) is 38.4 Å². The Hall–Kier alpha value is -2.13. The van der Waals surface area contributed by atoms with E-state index in [0.717, 1.165) is 12.1 Å². The van der Waals surface area contributed by atoms with Crippen LogP contribution < -0.4 is 0 Å². The zero-order chi connectivity index (χ0) is 13.0. The summed E-state index contributed by atoms with van der Waals surface area (Å²) in [6, 6.07) is 3.97. The van der Waals surface area contributed by atoms with Crippen molar-refractivity contribution in [1.29, 1.82) is 5.26 Å². The Balaban J connectivity index is 3.44. The molecule has 0 aliphatic heterocycles. The molecule has 0 aliphatic rings. The first-order valence-electron chi connectivity index (χ1n) is 4.57. The van der Waals surface area contributed by atoms with E-state index in [1.54, 1.807) is 13.0 Å². The average Bonchev–Trinajstić information content (AvgIpc) is 2.27. The maximum atomic E-state index is 11.5. The molecule has 0 atom stereocenters. The van der Waals surface area contributed by atoms with Gasteiger partial charge in [-0.15, -0.1) is 0 Å². The number of nitriles is 1. The number of halogens is 1. The summed E-state index contributed by atoms with van der Waals surface area (Å²) in [7, 11) is 0. The second-order valence-electron chi connectivity index (χ2n) is 2.91. The Labute approximate surface area is 102 Å². The fraction of sp³-hybridized carbons (Fsp3) is 0.200. The topological polar surface area (TPSA) is 93.2 Å². The van der Waals surface area contributed by atoms with Gasteiger partial charge in [0.05, 0.1) is 17.1 Å². The summed E-state index contributed by atoms with van der Waals surface area (Å²) in [4.78, 5) is 21.4. The third kappa shape index (κ3) is 2.52. The molecule has 0 radical (unpaired) electrons. The highest BCUT2D eigenvalue weighted by Crippen LogP contribution is 2.30. The number of nitrogens with zero attached hydrogens (tertiary/aromatic N) is 2. The Kier molecular flexibility index (Phi) is 4.01. The van der Waals surface area contributed by atoms with Crippen LogP contribution in [0.3, 0.4) is 0 Å². The quantitative estimate of drug-likeness (QED) is 0.469. The molecule has 0 heterocycles. The van der Waals surface area contributed by atoms with Gasteiger partial charge in [-0.05, 0) is 13.0 Å². The molecule has 0 bridgehead atoms. The fourth-order valence-corrected chi connectivity index (χ4v) is 1.51. The minimum absolute atomic E-state index is 0.0564. The lowest BCUT2D eigenvalue weighted by molar-refractivity contribution is -0.384. The predicted octanol–water partition coefficient (Wildman–Crippen LogP) is 2.30. The molecule has 0 amide bonds. The summed E-state index contributed by atoms with van der Waals surface area (Å²) >= 11 is 5.72. The first-order chi connectivity index (χ1) is 8.02. The van der Waals surface area contributed by atoms with Crippen LogP contribution in [0.4, 0.5) is 5.69 Å². The summed E-state index contributed by atoms with van der Waals surface area (Å²) in [5.74, 6) is -0.849. The largest absolute Gasteiger partial charge is 0.462 e. The summed E-state index contributed by atoms with van der Waals surface area (Å²) in [5, 5.41) is 19.1. The van der Waals surface area contributed by atoms with Gasteiger partial charge in [-0.25, -0.2) is 4.79 Å². The third-order valence-electron chi connectivity index (χ3n) is 1.92. The van der Waals surface area contributed by atoms with E-state index in [1.807, 2.05) is 0 Å². The molecule has 0 spiro atoms. The molecule has 0 N–H and O–H groups in total. The molecule has 0 saturated carbocycles. The first kappa shape index (κ1) is 12.9. The van der Waals surface area contributed by atoms with Crippen molar-refractivity contribution in [1.82, 2.24) is 0 Å². The average molecular weight is 255 g/mol. The third-order valence-corrected chi connectivity index (χ3v) is 2.30. The maximum absolute atomic E-state index is 11.5. The van der Waals surface area contributed by atoms with Gasteiger partial charge in [0.1, 0.15) is 16.7 Å². The summed E-state index contributed by atoms with van der Waals surface area (Å²) in [5.41, 5.74) is -0.766. The van der Waals surface area contributed by atoms with Gasteiger partial charge >= 0.3 is 5.97 Å². The highest BCUT2D eigenvalue weighted by molar-refractivity contribution is 6.36. The molecule has 0 unspecified atom stereocenters. The zero-order valence-corrected chi connectivity index (χ0v) is 9.52. The number of nitro groups is 1. The molecule has 1 aromatic rings.